The average Bonchev–Trinajstić information content (AvgIpc) is 2.90. The lowest BCUT2D eigenvalue weighted by molar-refractivity contribution is 0.436. The van der Waals surface area contributed by atoms with Crippen LogP contribution in [-0.4, -0.2) is 27.2 Å². The molecule has 1 fully saturated rings. The number of hydrogen-bond acceptors (Lipinski definition) is 3. The number of aromatic nitrogens is 3. The van der Waals surface area contributed by atoms with Crippen molar-refractivity contribution in [1.82, 2.24) is 20.1 Å². The number of aryl methyl sites for hydroxylation is 1. The standard InChI is InChI=1S/C11H19ClN4/c1-2-16-10(14-9-15-16)7-13-8-11(3-4-11)5-6-12/h9,13H,2-8H2,1H3. The maximum Gasteiger partial charge on any atom is 0.140 e. The molecule has 0 aliphatic heterocycles. The molecule has 90 valence electrons. The van der Waals surface area contributed by atoms with Gasteiger partial charge in [0.15, 0.2) is 0 Å². The fraction of sp³-hybridized carbons (Fsp3) is 0.818. The third kappa shape index (κ3) is 2.74. The highest BCUT2D eigenvalue weighted by Crippen LogP contribution is 2.48. The zero-order valence-electron chi connectivity index (χ0n) is 9.75. The van der Waals surface area contributed by atoms with Crippen molar-refractivity contribution in [3.8, 4) is 0 Å². The van der Waals surface area contributed by atoms with Crippen molar-refractivity contribution in [2.45, 2.75) is 39.3 Å². The van der Waals surface area contributed by atoms with E-state index < -0.39 is 0 Å². The van der Waals surface area contributed by atoms with Crippen LogP contribution in [0.1, 0.15) is 32.0 Å². The average molecular weight is 243 g/mol. The van der Waals surface area contributed by atoms with Gasteiger partial charge in [0.25, 0.3) is 0 Å². The molecule has 1 aromatic heterocycles. The van der Waals surface area contributed by atoms with Crippen LogP contribution in [-0.2, 0) is 13.1 Å². The Morgan fingerprint density at radius 2 is 2.38 bits per heavy atom. The molecule has 0 bridgehead atoms. The van der Waals surface area contributed by atoms with Crippen molar-refractivity contribution >= 4 is 11.6 Å². The normalized spacial score (nSPS) is 17.6. The lowest BCUT2D eigenvalue weighted by Crippen LogP contribution is -2.25. The van der Waals surface area contributed by atoms with E-state index in [0.717, 1.165) is 37.8 Å². The molecule has 0 radical (unpaired) electrons. The van der Waals surface area contributed by atoms with E-state index in [9.17, 15) is 0 Å². The highest BCUT2D eigenvalue weighted by Gasteiger charge is 2.41. The molecule has 0 unspecified atom stereocenters. The van der Waals surface area contributed by atoms with E-state index in [1.165, 1.54) is 12.8 Å². The van der Waals surface area contributed by atoms with Crippen LogP contribution in [0.15, 0.2) is 6.33 Å². The largest absolute Gasteiger partial charge is 0.309 e. The van der Waals surface area contributed by atoms with E-state index in [4.69, 9.17) is 11.6 Å². The van der Waals surface area contributed by atoms with Gasteiger partial charge >= 0.3 is 0 Å². The Morgan fingerprint density at radius 1 is 1.56 bits per heavy atom. The smallest absolute Gasteiger partial charge is 0.140 e. The molecule has 1 aliphatic rings. The fourth-order valence-electron chi connectivity index (χ4n) is 2.02. The lowest BCUT2D eigenvalue weighted by Gasteiger charge is -2.14. The minimum absolute atomic E-state index is 0.485. The number of halogens is 1. The first-order chi connectivity index (χ1) is 7.79. The van der Waals surface area contributed by atoms with E-state index in [2.05, 4.69) is 22.3 Å². The van der Waals surface area contributed by atoms with Gasteiger partial charge in [-0.05, 0) is 31.6 Å². The van der Waals surface area contributed by atoms with Crippen LogP contribution in [0.4, 0.5) is 0 Å². The molecule has 4 nitrogen and oxygen atoms in total. The summed E-state index contributed by atoms with van der Waals surface area (Å²) < 4.78 is 1.92. The summed E-state index contributed by atoms with van der Waals surface area (Å²) in [5.41, 5.74) is 0.485. The van der Waals surface area contributed by atoms with Crippen molar-refractivity contribution in [3.63, 3.8) is 0 Å². The molecule has 1 aromatic rings. The molecule has 0 spiro atoms. The van der Waals surface area contributed by atoms with E-state index in [1.54, 1.807) is 6.33 Å². The Kier molecular flexibility index (Phi) is 3.82. The number of rotatable bonds is 7. The van der Waals surface area contributed by atoms with Crippen LogP contribution in [0, 0.1) is 5.41 Å². The van der Waals surface area contributed by atoms with Gasteiger partial charge in [0, 0.05) is 19.0 Å². The van der Waals surface area contributed by atoms with Crippen LogP contribution in [0.5, 0.6) is 0 Å². The molecule has 1 aliphatic carbocycles. The highest BCUT2D eigenvalue weighted by molar-refractivity contribution is 6.17. The van der Waals surface area contributed by atoms with E-state index in [0.29, 0.717) is 5.41 Å². The van der Waals surface area contributed by atoms with Gasteiger partial charge in [-0.2, -0.15) is 5.10 Å². The van der Waals surface area contributed by atoms with Crippen molar-refractivity contribution in [3.05, 3.63) is 12.2 Å². The second-order valence-electron chi connectivity index (χ2n) is 4.53. The van der Waals surface area contributed by atoms with E-state index >= 15 is 0 Å². The van der Waals surface area contributed by atoms with Gasteiger partial charge in [-0.15, -0.1) is 11.6 Å². The molecule has 0 atom stereocenters. The maximum atomic E-state index is 5.80. The summed E-state index contributed by atoms with van der Waals surface area (Å²) in [5.74, 6) is 1.79. The second kappa shape index (κ2) is 5.15. The Labute approximate surface area is 101 Å². The van der Waals surface area contributed by atoms with E-state index in [-0.39, 0.29) is 0 Å². The maximum absolute atomic E-state index is 5.80. The molecule has 5 heteroatoms. The number of nitrogens with zero attached hydrogens (tertiary/aromatic N) is 3. The molecule has 0 saturated heterocycles. The Balaban J connectivity index is 1.76. The monoisotopic (exact) mass is 242 g/mol. The van der Waals surface area contributed by atoms with Crippen LogP contribution >= 0.6 is 11.6 Å². The molecule has 0 aromatic carbocycles. The summed E-state index contributed by atoms with van der Waals surface area (Å²) in [5, 5.41) is 7.61. The van der Waals surface area contributed by atoms with Gasteiger partial charge in [0.1, 0.15) is 12.2 Å². The summed E-state index contributed by atoms with van der Waals surface area (Å²) >= 11 is 5.80. The van der Waals surface area contributed by atoms with Gasteiger partial charge in [0.2, 0.25) is 0 Å². The number of alkyl halides is 1. The molecular weight excluding hydrogens is 224 g/mol. The van der Waals surface area contributed by atoms with Gasteiger partial charge in [-0.25, -0.2) is 9.67 Å². The predicted octanol–water partition coefficient (Wildman–Crippen LogP) is 1.80. The SMILES string of the molecule is CCn1ncnc1CNCC1(CCCl)CC1. The number of nitrogens with one attached hydrogen (secondary N) is 1. The first kappa shape index (κ1) is 11.9. The highest BCUT2D eigenvalue weighted by atomic mass is 35.5. The Hall–Kier alpha value is -0.610. The summed E-state index contributed by atoms with van der Waals surface area (Å²) in [6.45, 7) is 4.81. The lowest BCUT2D eigenvalue weighted by atomic mass is 10.0. The zero-order chi connectivity index (χ0) is 11.4. The Bertz CT molecular complexity index is 332. The quantitative estimate of drug-likeness (QED) is 0.742. The fourth-order valence-corrected chi connectivity index (χ4v) is 2.42. The van der Waals surface area contributed by atoms with Crippen molar-refractivity contribution < 1.29 is 0 Å². The topological polar surface area (TPSA) is 42.7 Å². The van der Waals surface area contributed by atoms with Gasteiger partial charge in [-0.1, -0.05) is 0 Å². The summed E-state index contributed by atoms with van der Waals surface area (Å²) in [4.78, 5) is 4.24. The Morgan fingerprint density at radius 3 is 3.00 bits per heavy atom. The van der Waals surface area contributed by atoms with Crippen molar-refractivity contribution in [1.29, 1.82) is 0 Å². The van der Waals surface area contributed by atoms with Crippen molar-refractivity contribution in [2.24, 2.45) is 5.41 Å². The number of hydrogen-bond donors (Lipinski definition) is 1. The summed E-state index contributed by atoms with van der Waals surface area (Å²) in [6, 6.07) is 0. The zero-order valence-corrected chi connectivity index (χ0v) is 10.5. The second-order valence-corrected chi connectivity index (χ2v) is 4.91. The van der Waals surface area contributed by atoms with Crippen LogP contribution in [0.3, 0.4) is 0 Å². The third-order valence-electron chi connectivity index (χ3n) is 3.36. The van der Waals surface area contributed by atoms with E-state index in [1.807, 2.05) is 4.68 Å². The van der Waals surface area contributed by atoms with Gasteiger partial charge in [-0.3, -0.25) is 0 Å². The van der Waals surface area contributed by atoms with Crippen LogP contribution in [0.2, 0.25) is 0 Å². The van der Waals surface area contributed by atoms with Gasteiger partial charge in [0.05, 0.1) is 6.54 Å². The molecule has 16 heavy (non-hydrogen) atoms. The molecule has 1 heterocycles. The van der Waals surface area contributed by atoms with Gasteiger partial charge < -0.3 is 5.32 Å². The predicted molar refractivity (Wildman–Crippen MR) is 64.4 cm³/mol. The minimum atomic E-state index is 0.485. The van der Waals surface area contributed by atoms with Crippen LogP contribution in [0.25, 0.3) is 0 Å². The summed E-state index contributed by atoms with van der Waals surface area (Å²) in [7, 11) is 0. The molecule has 2 rings (SSSR count). The molecule has 1 N–H and O–H groups in total. The minimum Gasteiger partial charge on any atom is -0.309 e. The summed E-state index contributed by atoms with van der Waals surface area (Å²) in [6.07, 6.45) is 5.37. The first-order valence-electron chi connectivity index (χ1n) is 5.93. The third-order valence-corrected chi connectivity index (χ3v) is 3.55. The molecule has 1 saturated carbocycles. The molecular formula is C11H19ClN4. The van der Waals surface area contributed by atoms with Crippen molar-refractivity contribution in [2.75, 3.05) is 12.4 Å². The molecule has 0 amide bonds. The van der Waals surface area contributed by atoms with Crippen LogP contribution < -0.4 is 5.32 Å². The first-order valence-corrected chi connectivity index (χ1v) is 6.46.